The van der Waals surface area contributed by atoms with E-state index in [0.29, 0.717) is 0 Å². The van der Waals surface area contributed by atoms with Gasteiger partial charge in [0.2, 0.25) is 0 Å². The number of nitrogen functional groups attached to an aromatic ring is 1. The fraction of sp³-hybridized carbons (Fsp3) is 0.727. The van der Waals surface area contributed by atoms with Gasteiger partial charge in [-0.3, -0.25) is 10.3 Å². The van der Waals surface area contributed by atoms with Crippen LogP contribution in [0.5, 0.6) is 0 Å². The highest BCUT2D eigenvalue weighted by atomic mass is 32.1. The van der Waals surface area contributed by atoms with E-state index < -0.39 is 0 Å². The molecule has 0 bridgehead atoms. The Morgan fingerprint density at radius 3 is 3.06 bits per heavy atom. The van der Waals surface area contributed by atoms with Crippen LogP contribution >= 0.6 is 11.3 Å². The Kier molecular flexibility index (Phi) is 3.78. The first kappa shape index (κ1) is 11.8. The second kappa shape index (κ2) is 5.12. The lowest BCUT2D eigenvalue weighted by atomic mass is 9.95. The number of hydrogen-bond donors (Lipinski definition) is 2. The van der Waals surface area contributed by atoms with Crippen LogP contribution in [0.4, 0.5) is 5.13 Å². The highest BCUT2D eigenvalue weighted by molar-refractivity contribution is 7.15. The molecule has 90 valence electrons. The summed E-state index contributed by atoms with van der Waals surface area (Å²) in [5, 5.41) is 0.801. The summed E-state index contributed by atoms with van der Waals surface area (Å²) < 4.78 is 0. The molecular weight excluding hydrogens is 220 g/mol. The summed E-state index contributed by atoms with van der Waals surface area (Å²) in [5.74, 6) is 6.98. The highest BCUT2D eigenvalue weighted by Gasteiger charge is 2.24. The third-order valence-corrected chi connectivity index (χ3v) is 4.22. The third kappa shape index (κ3) is 2.72. The number of hydrazine groups is 1. The quantitative estimate of drug-likeness (QED) is 0.623. The SMILES string of the molecule is CC(C)C1CCN(Cc2cnc(NN)s2)C1. The molecule has 1 aliphatic heterocycles. The molecular formula is C11H20N4S. The second-order valence-corrected chi connectivity index (χ2v) is 5.92. The molecule has 0 saturated carbocycles. The van der Waals surface area contributed by atoms with Crippen molar-refractivity contribution in [2.24, 2.45) is 17.7 Å². The summed E-state index contributed by atoms with van der Waals surface area (Å²) in [5.41, 5.74) is 2.59. The largest absolute Gasteiger partial charge is 0.300 e. The number of anilines is 1. The van der Waals surface area contributed by atoms with Crippen molar-refractivity contribution in [3.8, 4) is 0 Å². The smallest absolute Gasteiger partial charge is 0.197 e. The second-order valence-electron chi connectivity index (χ2n) is 4.80. The van der Waals surface area contributed by atoms with Gasteiger partial charge in [0.15, 0.2) is 5.13 Å². The monoisotopic (exact) mass is 240 g/mol. The van der Waals surface area contributed by atoms with Crippen LogP contribution in [0.3, 0.4) is 0 Å². The standard InChI is InChI=1S/C11H20N4S/c1-8(2)9-3-4-15(6-9)7-10-5-13-11(14-12)16-10/h5,8-9H,3-4,6-7,12H2,1-2H3,(H,13,14). The normalized spacial score (nSPS) is 21.9. The number of thiazole rings is 1. The van der Waals surface area contributed by atoms with Crippen LogP contribution in [0, 0.1) is 11.8 Å². The number of nitrogens with one attached hydrogen (secondary N) is 1. The molecule has 0 radical (unpaired) electrons. The van der Waals surface area contributed by atoms with Crippen LogP contribution in [0.2, 0.25) is 0 Å². The zero-order valence-corrected chi connectivity index (χ0v) is 10.8. The molecule has 0 spiro atoms. The summed E-state index contributed by atoms with van der Waals surface area (Å²) in [6.07, 6.45) is 3.25. The van der Waals surface area contributed by atoms with Crippen LogP contribution in [-0.4, -0.2) is 23.0 Å². The van der Waals surface area contributed by atoms with E-state index in [0.717, 1.165) is 23.5 Å². The predicted molar refractivity (Wildman–Crippen MR) is 68.1 cm³/mol. The minimum absolute atomic E-state index is 0.799. The van der Waals surface area contributed by atoms with E-state index in [1.165, 1.54) is 24.4 Å². The molecule has 1 saturated heterocycles. The molecule has 1 fully saturated rings. The molecule has 0 aliphatic carbocycles. The van der Waals surface area contributed by atoms with Crippen LogP contribution in [-0.2, 0) is 6.54 Å². The lowest BCUT2D eigenvalue weighted by Gasteiger charge is -2.16. The number of likely N-dealkylation sites (tertiary alicyclic amines) is 1. The molecule has 4 nitrogen and oxygen atoms in total. The van der Waals surface area contributed by atoms with Crippen LogP contribution in [0.1, 0.15) is 25.1 Å². The zero-order chi connectivity index (χ0) is 11.5. The van der Waals surface area contributed by atoms with E-state index in [4.69, 9.17) is 5.84 Å². The van der Waals surface area contributed by atoms with Gasteiger partial charge in [-0.25, -0.2) is 10.8 Å². The number of rotatable bonds is 4. The molecule has 1 aromatic rings. The molecule has 3 N–H and O–H groups in total. The Bertz CT molecular complexity index is 336. The van der Waals surface area contributed by atoms with Crippen molar-refractivity contribution in [1.29, 1.82) is 0 Å². The minimum Gasteiger partial charge on any atom is -0.300 e. The minimum atomic E-state index is 0.799. The molecule has 16 heavy (non-hydrogen) atoms. The molecule has 1 atom stereocenters. The number of nitrogens with two attached hydrogens (primary N) is 1. The van der Waals surface area contributed by atoms with Gasteiger partial charge in [0.05, 0.1) is 0 Å². The first-order chi connectivity index (χ1) is 7.69. The molecule has 1 aromatic heterocycles. The summed E-state index contributed by atoms with van der Waals surface area (Å²) in [6, 6.07) is 0. The lowest BCUT2D eigenvalue weighted by Crippen LogP contribution is -2.20. The van der Waals surface area contributed by atoms with Gasteiger partial charge in [0.1, 0.15) is 0 Å². The van der Waals surface area contributed by atoms with E-state index >= 15 is 0 Å². The molecule has 0 aromatic carbocycles. The summed E-state index contributed by atoms with van der Waals surface area (Å²) in [4.78, 5) is 7.99. The van der Waals surface area contributed by atoms with Crippen LogP contribution in [0.15, 0.2) is 6.20 Å². The van der Waals surface area contributed by atoms with Gasteiger partial charge >= 0.3 is 0 Å². The van der Waals surface area contributed by atoms with Crippen molar-refractivity contribution < 1.29 is 0 Å². The van der Waals surface area contributed by atoms with Crippen LogP contribution in [0.25, 0.3) is 0 Å². The molecule has 1 aliphatic rings. The van der Waals surface area contributed by atoms with Gasteiger partial charge in [-0.2, -0.15) is 0 Å². The predicted octanol–water partition coefficient (Wildman–Crippen LogP) is 1.91. The fourth-order valence-electron chi connectivity index (χ4n) is 2.22. The van der Waals surface area contributed by atoms with E-state index in [1.54, 1.807) is 11.3 Å². The van der Waals surface area contributed by atoms with Crippen molar-refractivity contribution in [2.45, 2.75) is 26.8 Å². The first-order valence-electron chi connectivity index (χ1n) is 5.82. The van der Waals surface area contributed by atoms with Crippen molar-refractivity contribution in [1.82, 2.24) is 9.88 Å². The average molecular weight is 240 g/mol. The topological polar surface area (TPSA) is 54.2 Å². The third-order valence-electron chi connectivity index (χ3n) is 3.31. The Morgan fingerprint density at radius 1 is 1.69 bits per heavy atom. The number of hydrogen-bond acceptors (Lipinski definition) is 5. The maximum Gasteiger partial charge on any atom is 0.197 e. The number of nitrogens with zero attached hydrogens (tertiary/aromatic N) is 2. The van der Waals surface area contributed by atoms with Gasteiger partial charge in [-0.15, -0.1) is 0 Å². The Balaban J connectivity index is 1.87. The Morgan fingerprint density at radius 2 is 2.50 bits per heavy atom. The lowest BCUT2D eigenvalue weighted by molar-refractivity contribution is 0.299. The van der Waals surface area contributed by atoms with E-state index in [1.807, 2.05) is 6.20 Å². The van der Waals surface area contributed by atoms with E-state index in [9.17, 15) is 0 Å². The molecule has 0 amide bonds. The maximum atomic E-state index is 5.32. The summed E-state index contributed by atoms with van der Waals surface area (Å²) in [7, 11) is 0. The Hall–Kier alpha value is -0.650. The molecule has 5 heteroatoms. The number of aromatic nitrogens is 1. The maximum absolute atomic E-state index is 5.32. The van der Waals surface area contributed by atoms with Gasteiger partial charge < -0.3 is 0 Å². The van der Waals surface area contributed by atoms with Crippen LogP contribution < -0.4 is 11.3 Å². The fourth-order valence-corrected chi connectivity index (χ4v) is 2.98. The van der Waals surface area contributed by atoms with Crippen molar-refractivity contribution in [3.05, 3.63) is 11.1 Å². The van der Waals surface area contributed by atoms with Crippen molar-refractivity contribution >= 4 is 16.5 Å². The van der Waals surface area contributed by atoms with Gasteiger partial charge in [0.25, 0.3) is 0 Å². The molecule has 1 unspecified atom stereocenters. The zero-order valence-electron chi connectivity index (χ0n) is 9.94. The summed E-state index contributed by atoms with van der Waals surface area (Å²) >= 11 is 1.64. The average Bonchev–Trinajstić information content (AvgIpc) is 2.87. The summed E-state index contributed by atoms with van der Waals surface area (Å²) in [6.45, 7) is 8.09. The first-order valence-corrected chi connectivity index (χ1v) is 6.64. The van der Waals surface area contributed by atoms with Crippen molar-refractivity contribution in [3.63, 3.8) is 0 Å². The van der Waals surface area contributed by atoms with Gasteiger partial charge in [-0.1, -0.05) is 25.2 Å². The van der Waals surface area contributed by atoms with Gasteiger partial charge in [-0.05, 0) is 24.8 Å². The van der Waals surface area contributed by atoms with E-state index in [-0.39, 0.29) is 0 Å². The molecule has 2 rings (SSSR count). The highest BCUT2D eigenvalue weighted by Crippen LogP contribution is 2.26. The Labute approximate surface area is 101 Å². The molecule has 2 heterocycles. The van der Waals surface area contributed by atoms with Gasteiger partial charge in [0, 0.05) is 24.2 Å². The van der Waals surface area contributed by atoms with Crippen molar-refractivity contribution in [2.75, 3.05) is 18.5 Å². The van der Waals surface area contributed by atoms with E-state index in [2.05, 4.69) is 29.2 Å².